The minimum absolute atomic E-state index is 0.402. The van der Waals surface area contributed by atoms with Crippen molar-refractivity contribution >= 4 is 16.9 Å². The number of fused-ring (bicyclic) bond motifs is 1. The van der Waals surface area contributed by atoms with Crippen LogP contribution in [0.2, 0.25) is 0 Å². The molecule has 2 aliphatic rings. The van der Waals surface area contributed by atoms with Crippen LogP contribution in [0.15, 0.2) is 4.99 Å². The van der Waals surface area contributed by atoms with Crippen molar-refractivity contribution in [3.05, 3.63) is 0 Å². The number of nitrogens with zero attached hydrogens (tertiary/aromatic N) is 2. The first-order valence-electron chi connectivity index (χ1n) is 9.51. The summed E-state index contributed by atoms with van der Waals surface area (Å²) in [5.41, 5.74) is 0. The predicted octanol–water partition coefficient (Wildman–Crippen LogP) is 5.72. The fourth-order valence-electron chi connectivity index (χ4n) is 3.94. The lowest BCUT2D eigenvalue weighted by Gasteiger charge is -2.33. The van der Waals surface area contributed by atoms with E-state index in [4.69, 9.17) is 4.99 Å². The van der Waals surface area contributed by atoms with Gasteiger partial charge in [0.2, 0.25) is 0 Å². The van der Waals surface area contributed by atoms with E-state index in [1.54, 1.807) is 0 Å². The zero-order chi connectivity index (χ0) is 16.1. The van der Waals surface area contributed by atoms with Crippen molar-refractivity contribution in [2.24, 2.45) is 10.9 Å². The molecule has 0 aromatic heterocycles. The molecule has 3 atom stereocenters. The van der Waals surface area contributed by atoms with Gasteiger partial charge in [-0.25, -0.2) is 0 Å². The van der Waals surface area contributed by atoms with Crippen molar-refractivity contribution < 1.29 is 0 Å². The van der Waals surface area contributed by atoms with Gasteiger partial charge >= 0.3 is 0 Å². The van der Waals surface area contributed by atoms with Crippen LogP contribution in [0.1, 0.15) is 86.0 Å². The molecule has 2 nitrogen and oxygen atoms in total. The molecule has 22 heavy (non-hydrogen) atoms. The van der Waals surface area contributed by atoms with E-state index in [2.05, 4.69) is 51.3 Å². The predicted molar refractivity (Wildman–Crippen MR) is 101 cm³/mol. The second-order valence-electron chi connectivity index (χ2n) is 7.92. The monoisotopic (exact) mass is 324 g/mol. The van der Waals surface area contributed by atoms with Crippen molar-refractivity contribution in [2.45, 2.75) is 109 Å². The number of hydrogen-bond donors (Lipinski definition) is 0. The van der Waals surface area contributed by atoms with Gasteiger partial charge in [-0.1, -0.05) is 57.2 Å². The number of thioether (sulfide) groups is 1. The van der Waals surface area contributed by atoms with Gasteiger partial charge in [0, 0.05) is 23.4 Å². The third-order valence-corrected chi connectivity index (χ3v) is 6.36. The molecule has 1 saturated heterocycles. The average molecular weight is 325 g/mol. The van der Waals surface area contributed by atoms with Crippen LogP contribution in [0.4, 0.5) is 0 Å². The van der Waals surface area contributed by atoms with E-state index in [0.717, 1.165) is 11.2 Å². The zero-order valence-electron chi connectivity index (χ0n) is 15.3. The minimum atomic E-state index is 0.402. The first-order chi connectivity index (χ1) is 10.5. The lowest BCUT2D eigenvalue weighted by Crippen LogP contribution is -2.42. The van der Waals surface area contributed by atoms with Gasteiger partial charge in [-0.05, 0) is 46.5 Å². The van der Waals surface area contributed by atoms with Gasteiger partial charge in [-0.15, -0.1) is 0 Å². The normalized spacial score (nSPS) is 33.3. The highest BCUT2D eigenvalue weighted by Gasteiger charge is 2.40. The van der Waals surface area contributed by atoms with Gasteiger partial charge in [0.15, 0.2) is 5.17 Å². The maximum atomic E-state index is 4.96. The molecule has 0 radical (unpaired) electrons. The molecule has 0 N–H and O–H groups in total. The SMILES string of the molecule is CC1CCCCCCCC2C(C1)SC(=NC(C)C)N2C(C)C. The number of amidine groups is 1. The fraction of sp³-hybridized carbons (Fsp3) is 0.947. The Balaban J connectivity index is 2.19. The summed E-state index contributed by atoms with van der Waals surface area (Å²) in [6.07, 6.45) is 11.3. The fourth-order valence-corrected chi connectivity index (χ4v) is 5.80. The van der Waals surface area contributed by atoms with E-state index < -0.39 is 0 Å². The smallest absolute Gasteiger partial charge is 0.160 e. The molecular formula is C19H36N2S. The molecule has 0 amide bonds. The van der Waals surface area contributed by atoms with Crippen molar-refractivity contribution in [1.82, 2.24) is 4.90 Å². The van der Waals surface area contributed by atoms with E-state index >= 15 is 0 Å². The Kier molecular flexibility index (Phi) is 7.11. The summed E-state index contributed by atoms with van der Waals surface area (Å²) in [7, 11) is 0. The molecule has 2 rings (SSSR count). The van der Waals surface area contributed by atoms with E-state index in [1.165, 1.54) is 56.5 Å². The number of rotatable bonds is 2. The Morgan fingerprint density at radius 2 is 1.64 bits per heavy atom. The molecule has 2 fully saturated rings. The van der Waals surface area contributed by atoms with Crippen LogP contribution in [0.3, 0.4) is 0 Å². The maximum absolute atomic E-state index is 4.96. The van der Waals surface area contributed by atoms with Crippen LogP contribution < -0.4 is 0 Å². The molecule has 1 aliphatic heterocycles. The van der Waals surface area contributed by atoms with Gasteiger partial charge in [0.25, 0.3) is 0 Å². The van der Waals surface area contributed by atoms with Gasteiger partial charge in [-0.2, -0.15) is 0 Å². The van der Waals surface area contributed by atoms with Gasteiger partial charge in [-0.3, -0.25) is 4.99 Å². The van der Waals surface area contributed by atoms with Crippen LogP contribution in [0.25, 0.3) is 0 Å². The molecule has 0 spiro atoms. The van der Waals surface area contributed by atoms with Gasteiger partial charge in [0.05, 0.1) is 0 Å². The lowest BCUT2D eigenvalue weighted by atomic mass is 9.94. The second-order valence-corrected chi connectivity index (χ2v) is 9.12. The van der Waals surface area contributed by atoms with Crippen molar-refractivity contribution in [3.63, 3.8) is 0 Å². The molecule has 1 aliphatic carbocycles. The topological polar surface area (TPSA) is 15.6 Å². The van der Waals surface area contributed by atoms with E-state index in [0.29, 0.717) is 18.1 Å². The Morgan fingerprint density at radius 3 is 2.27 bits per heavy atom. The van der Waals surface area contributed by atoms with E-state index in [-0.39, 0.29) is 0 Å². The number of aliphatic imine (C=N–C) groups is 1. The Morgan fingerprint density at radius 1 is 1.00 bits per heavy atom. The maximum Gasteiger partial charge on any atom is 0.160 e. The molecular weight excluding hydrogens is 288 g/mol. The van der Waals surface area contributed by atoms with Crippen LogP contribution in [0.5, 0.6) is 0 Å². The van der Waals surface area contributed by atoms with Gasteiger partial charge in [0.1, 0.15) is 0 Å². The summed E-state index contributed by atoms with van der Waals surface area (Å²) in [5.74, 6) is 0.866. The third-order valence-electron chi connectivity index (χ3n) is 5.02. The average Bonchev–Trinajstić information content (AvgIpc) is 2.72. The van der Waals surface area contributed by atoms with Crippen LogP contribution in [-0.4, -0.2) is 33.4 Å². The summed E-state index contributed by atoms with van der Waals surface area (Å²) in [5, 5.41) is 2.08. The Bertz CT molecular complexity index is 364. The van der Waals surface area contributed by atoms with E-state index in [9.17, 15) is 0 Å². The third kappa shape index (κ3) is 4.91. The first kappa shape index (κ1) is 18.2. The Labute approximate surface area is 142 Å². The van der Waals surface area contributed by atoms with E-state index in [1.807, 2.05) is 0 Å². The molecule has 0 aromatic rings. The van der Waals surface area contributed by atoms with Crippen molar-refractivity contribution in [1.29, 1.82) is 0 Å². The molecule has 1 saturated carbocycles. The largest absolute Gasteiger partial charge is 0.345 e. The first-order valence-corrected chi connectivity index (χ1v) is 10.4. The highest BCUT2D eigenvalue weighted by molar-refractivity contribution is 8.14. The van der Waals surface area contributed by atoms with Crippen molar-refractivity contribution in [2.75, 3.05) is 0 Å². The van der Waals surface area contributed by atoms with Crippen molar-refractivity contribution in [3.8, 4) is 0 Å². The summed E-state index contributed by atoms with van der Waals surface area (Å²) < 4.78 is 0. The van der Waals surface area contributed by atoms with Gasteiger partial charge < -0.3 is 4.90 Å². The van der Waals surface area contributed by atoms with Crippen LogP contribution in [-0.2, 0) is 0 Å². The molecule has 0 bridgehead atoms. The molecule has 0 aromatic carbocycles. The summed E-state index contributed by atoms with van der Waals surface area (Å²) in [6.45, 7) is 11.6. The molecule has 128 valence electrons. The minimum Gasteiger partial charge on any atom is -0.345 e. The standard InChI is InChI=1S/C19H36N2S/c1-14(2)20-19-21(15(3)4)17-12-10-8-6-7-9-11-16(5)13-18(17)22-19/h14-18H,6-13H2,1-5H3. The second kappa shape index (κ2) is 8.61. The molecule has 1 heterocycles. The number of hydrogen-bond acceptors (Lipinski definition) is 2. The highest BCUT2D eigenvalue weighted by atomic mass is 32.2. The Hall–Kier alpha value is -0.180. The summed E-state index contributed by atoms with van der Waals surface area (Å²) in [4.78, 5) is 7.61. The molecule has 3 unspecified atom stereocenters. The lowest BCUT2D eigenvalue weighted by molar-refractivity contribution is 0.241. The highest BCUT2D eigenvalue weighted by Crippen LogP contribution is 2.40. The van der Waals surface area contributed by atoms with Crippen LogP contribution >= 0.6 is 11.8 Å². The summed E-state index contributed by atoms with van der Waals surface area (Å²) >= 11 is 2.08. The summed E-state index contributed by atoms with van der Waals surface area (Å²) in [6, 6.07) is 1.68. The molecule has 3 heteroatoms. The zero-order valence-corrected chi connectivity index (χ0v) is 16.2. The quantitative estimate of drug-likeness (QED) is 0.646. The van der Waals surface area contributed by atoms with Crippen LogP contribution in [0, 0.1) is 5.92 Å².